The van der Waals surface area contributed by atoms with Crippen LogP contribution < -0.4 is 5.32 Å². The summed E-state index contributed by atoms with van der Waals surface area (Å²) in [6, 6.07) is 0. The normalized spacial score (nSPS) is 11.3. The van der Waals surface area contributed by atoms with Crippen molar-refractivity contribution in [2.24, 2.45) is 0 Å². The average molecular weight is 227 g/mol. The van der Waals surface area contributed by atoms with Crippen LogP contribution in [0.15, 0.2) is 0 Å². The molecule has 0 aliphatic carbocycles. The van der Waals surface area contributed by atoms with Crippen molar-refractivity contribution in [3.63, 3.8) is 0 Å². The molecule has 0 saturated heterocycles. The Morgan fingerprint density at radius 2 is 2.13 bits per heavy atom. The van der Waals surface area contributed by atoms with Gasteiger partial charge in [-0.3, -0.25) is 0 Å². The molecule has 0 aliphatic heterocycles. The second kappa shape index (κ2) is 6.20. The molecule has 4 heteroatoms. The molecule has 0 bridgehead atoms. The molecule has 1 aromatic rings. The summed E-state index contributed by atoms with van der Waals surface area (Å²) in [4.78, 5) is 8.20. The van der Waals surface area contributed by atoms with Crippen molar-refractivity contribution in [2.45, 2.75) is 26.8 Å². The zero-order valence-corrected chi connectivity index (χ0v) is 10.9. The van der Waals surface area contributed by atoms with Crippen LogP contribution in [0.4, 0.5) is 0 Å². The Morgan fingerprint density at radius 3 is 2.67 bits per heavy atom. The molecule has 1 heterocycles. The third-order valence-corrected chi connectivity index (χ3v) is 3.44. The Labute approximate surface area is 96.5 Å². The summed E-state index contributed by atoms with van der Waals surface area (Å²) in [6.45, 7) is 7.42. The number of hydrogen-bond donors (Lipinski definition) is 1. The number of hydrogen-bond acceptors (Lipinski definition) is 4. The summed E-state index contributed by atoms with van der Waals surface area (Å²) >= 11 is 1.81. The van der Waals surface area contributed by atoms with Gasteiger partial charge in [-0.2, -0.15) is 0 Å². The van der Waals surface area contributed by atoms with Gasteiger partial charge >= 0.3 is 0 Å². The molecule has 0 atom stereocenters. The molecule has 0 unspecified atom stereocenters. The molecule has 86 valence electrons. The lowest BCUT2D eigenvalue weighted by molar-refractivity contribution is 0.323. The van der Waals surface area contributed by atoms with Crippen molar-refractivity contribution in [1.82, 2.24) is 15.2 Å². The van der Waals surface area contributed by atoms with Gasteiger partial charge in [0, 0.05) is 11.4 Å². The Bertz CT molecular complexity index is 296. The Kier molecular flexibility index (Phi) is 5.22. The average Bonchev–Trinajstić information content (AvgIpc) is 2.45. The summed E-state index contributed by atoms with van der Waals surface area (Å²) in [7, 11) is 4.17. The Hall–Kier alpha value is -0.450. The van der Waals surface area contributed by atoms with Gasteiger partial charge in [-0.25, -0.2) is 4.98 Å². The fraction of sp³-hybridized carbons (Fsp3) is 0.727. The van der Waals surface area contributed by atoms with Crippen LogP contribution in [0.2, 0.25) is 0 Å². The van der Waals surface area contributed by atoms with Gasteiger partial charge in [0.05, 0.1) is 10.7 Å². The lowest BCUT2D eigenvalue weighted by Gasteiger charge is -2.15. The second-order valence-electron chi connectivity index (χ2n) is 3.94. The summed E-state index contributed by atoms with van der Waals surface area (Å²) in [6.07, 6.45) is 1.20. The Balaban J connectivity index is 2.37. The minimum Gasteiger partial charge on any atom is -0.320 e. The number of nitrogens with zero attached hydrogens (tertiary/aromatic N) is 2. The zero-order valence-electron chi connectivity index (χ0n) is 10.1. The maximum atomic E-state index is 4.44. The highest BCUT2D eigenvalue weighted by molar-refractivity contribution is 7.11. The summed E-state index contributed by atoms with van der Waals surface area (Å²) in [5.41, 5.74) is 1.19. The van der Waals surface area contributed by atoms with E-state index in [4.69, 9.17) is 0 Å². The number of nitrogens with one attached hydrogen (secondary N) is 1. The summed E-state index contributed by atoms with van der Waals surface area (Å²) in [5.74, 6) is 0. The fourth-order valence-electron chi connectivity index (χ4n) is 1.57. The molecule has 0 amide bonds. The maximum Gasteiger partial charge on any atom is 0.0900 e. The SMILES string of the molecule is CNCCCN(C)Cc1sc(C)nc1C. The smallest absolute Gasteiger partial charge is 0.0900 e. The summed E-state index contributed by atoms with van der Waals surface area (Å²) < 4.78 is 0. The maximum absolute atomic E-state index is 4.44. The van der Waals surface area contributed by atoms with Crippen molar-refractivity contribution in [2.75, 3.05) is 27.2 Å². The van der Waals surface area contributed by atoms with Gasteiger partial charge in [0.1, 0.15) is 0 Å². The fourth-order valence-corrected chi connectivity index (χ4v) is 2.59. The van der Waals surface area contributed by atoms with E-state index in [9.17, 15) is 0 Å². The number of aryl methyl sites for hydroxylation is 2. The van der Waals surface area contributed by atoms with E-state index in [0.717, 1.165) is 19.6 Å². The highest BCUT2D eigenvalue weighted by Crippen LogP contribution is 2.18. The first-order chi connectivity index (χ1) is 7.13. The van der Waals surface area contributed by atoms with E-state index in [1.807, 2.05) is 18.4 Å². The molecular weight excluding hydrogens is 206 g/mol. The van der Waals surface area contributed by atoms with Crippen LogP contribution >= 0.6 is 11.3 Å². The predicted octanol–water partition coefficient (Wildman–Crippen LogP) is 1.80. The molecule has 1 N–H and O–H groups in total. The van der Waals surface area contributed by atoms with Crippen LogP contribution in [-0.4, -0.2) is 37.1 Å². The predicted molar refractivity (Wildman–Crippen MR) is 66.5 cm³/mol. The molecule has 0 fully saturated rings. The van der Waals surface area contributed by atoms with Gasteiger partial charge in [0.15, 0.2) is 0 Å². The quantitative estimate of drug-likeness (QED) is 0.751. The molecule has 15 heavy (non-hydrogen) atoms. The molecule has 0 aromatic carbocycles. The zero-order chi connectivity index (χ0) is 11.3. The van der Waals surface area contributed by atoms with Crippen molar-refractivity contribution in [3.8, 4) is 0 Å². The van der Waals surface area contributed by atoms with E-state index in [1.165, 1.54) is 22.0 Å². The van der Waals surface area contributed by atoms with Crippen LogP contribution in [0.1, 0.15) is 22.0 Å². The molecule has 0 saturated carbocycles. The molecular formula is C11H21N3S. The Morgan fingerprint density at radius 1 is 1.40 bits per heavy atom. The largest absolute Gasteiger partial charge is 0.320 e. The van der Waals surface area contributed by atoms with Crippen LogP contribution in [0.25, 0.3) is 0 Å². The van der Waals surface area contributed by atoms with Gasteiger partial charge in [0.25, 0.3) is 0 Å². The molecule has 1 rings (SSSR count). The first kappa shape index (κ1) is 12.6. The van der Waals surface area contributed by atoms with E-state index >= 15 is 0 Å². The van der Waals surface area contributed by atoms with E-state index in [2.05, 4.69) is 36.1 Å². The molecule has 0 spiro atoms. The van der Waals surface area contributed by atoms with E-state index in [1.54, 1.807) is 0 Å². The number of rotatable bonds is 6. The van der Waals surface area contributed by atoms with Crippen LogP contribution in [0.3, 0.4) is 0 Å². The molecule has 0 aliphatic rings. The topological polar surface area (TPSA) is 28.2 Å². The lowest BCUT2D eigenvalue weighted by atomic mass is 10.3. The highest BCUT2D eigenvalue weighted by atomic mass is 32.1. The third-order valence-electron chi connectivity index (χ3n) is 2.38. The van der Waals surface area contributed by atoms with E-state index in [-0.39, 0.29) is 0 Å². The van der Waals surface area contributed by atoms with Gasteiger partial charge in [-0.15, -0.1) is 11.3 Å². The lowest BCUT2D eigenvalue weighted by Crippen LogP contribution is -2.22. The highest BCUT2D eigenvalue weighted by Gasteiger charge is 2.07. The van der Waals surface area contributed by atoms with Crippen molar-refractivity contribution < 1.29 is 0 Å². The monoisotopic (exact) mass is 227 g/mol. The molecule has 0 radical (unpaired) electrons. The van der Waals surface area contributed by atoms with Crippen LogP contribution in [0, 0.1) is 13.8 Å². The van der Waals surface area contributed by atoms with Gasteiger partial charge in [0.2, 0.25) is 0 Å². The third kappa shape index (κ3) is 4.28. The summed E-state index contributed by atoms with van der Waals surface area (Å²) in [5, 5.41) is 4.34. The van der Waals surface area contributed by atoms with Crippen molar-refractivity contribution in [1.29, 1.82) is 0 Å². The van der Waals surface area contributed by atoms with Crippen LogP contribution in [0.5, 0.6) is 0 Å². The van der Waals surface area contributed by atoms with Crippen LogP contribution in [-0.2, 0) is 6.54 Å². The van der Waals surface area contributed by atoms with E-state index in [0.29, 0.717) is 0 Å². The molecule has 1 aromatic heterocycles. The van der Waals surface area contributed by atoms with E-state index < -0.39 is 0 Å². The van der Waals surface area contributed by atoms with Gasteiger partial charge in [-0.1, -0.05) is 0 Å². The number of thiazole rings is 1. The standard InChI is InChI=1S/C11H21N3S/c1-9-11(15-10(2)13-9)8-14(4)7-5-6-12-3/h12H,5-8H2,1-4H3. The van der Waals surface area contributed by atoms with Crippen molar-refractivity contribution in [3.05, 3.63) is 15.6 Å². The van der Waals surface area contributed by atoms with Gasteiger partial charge < -0.3 is 10.2 Å². The minimum absolute atomic E-state index is 1.03. The first-order valence-electron chi connectivity index (χ1n) is 5.39. The first-order valence-corrected chi connectivity index (χ1v) is 6.21. The van der Waals surface area contributed by atoms with Gasteiger partial charge in [-0.05, 0) is 47.5 Å². The number of aromatic nitrogens is 1. The minimum atomic E-state index is 1.03. The van der Waals surface area contributed by atoms with Crippen molar-refractivity contribution >= 4 is 11.3 Å². The second-order valence-corrected chi connectivity index (χ2v) is 5.22. The molecule has 3 nitrogen and oxygen atoms in total.